The Bertz CT molecular complexity index is 769. The predicted octanol–water partition coefficient (Wildman–Crippen LogP) is 2.27. The molecule has 23 heavy (non-hydrogen) atoms. The van der Waals surface area contributed by atoms with Gasteiger partial charge in [-0.25, -0.2) is 9.59 Å². The third kappa shape index (κ3) is 2.79. The highest BCUT2D eigenvalue weighted by atomic mass is 35.5. The molecule has 124 valence electrons. The van der Waals surface area contributed by atoms with Crippen molar-refractivity contribution in [2.75, 3.05) is 32.5 Å². The molecule has 3 N–H and O–H groups in total. The van der Waals surface area contributed by atoms with Gasteiger partial charge < -0.3 is 24.9 Å². The number of H-pyrrole nitrogens is 1. The maximum absolute atomic E-state index is 12.2. The highest BCUT2D eigenvalue weighted by Gasteiger charge is 2.28. The molecule has 7 nitrogen and oxygen atoms in total. The Morgan fingerprint density at radius 3 is 2.48 bits per heavy atom. The van der Waals surface area contributed by atoms with E-state index in [9.17, 15) is 14.7 Å². The Morgan fingerprint density at radius 2 is 1.96 bits per heavy atom. The van der Waals surface area contributed by atoms with Crippen molar-refractivity contribution in [2.24, 2.45) is 0 Å². The fourth-order valence-electron chi connectivity index (χ4n) is 2.56. The molecule has 0 aliphatic carbocycles. The molecule has 1 heterocycles. The van der Waals surface area contributed by atoms with E-state index in [1.807, 2.05) is 0 Å². The zero-order valence-electron chi connectivity index (χ0n) is 12.9. The summed E-state index contributed by atoms with van der Waals surface area (Å²) >= 11 is 5.86. The normalized spacial score (nSPS) is 10.6. The van der Waals surface area contributed by atoms with Crippen LogP contribution in [0.15, 0.2) is 6.07 Å². The number of aromatic hydroxyl groups is 1. The topological polar surface area (TPSA) is 101 Å². The third-order valence-electron chi connectivity index (χ3n) is 3.56. The lowest BCUT2D eigenvalue weighted by Crippen LogP contribution is -2.11. The lowest BCUT2D eigenvalue weighted by Gasteiger charge is -2.12. The highest BCUT2D eigenvalue weighted by Crippen LogP contribution is 2.38. The first-order valence-corrected chi connectivity index (χ1v) is 7.34. The van der Waals surface area contributed by atoms with Gasteiger partial charge in [-0.15, -0.1) is 11.6 Å². The molecule has 8 heteroatoms. The predicted molar refractivity (Wildman–Crippen MR) is 86.6 cm³/mol. The van der Waals surface area contributed by atoms with Crippen LogP contribution >= 0.6 is 11.6 Å². The molecule has 0 unspecified atom stereocenters. The minimum atomic E-state index is -0.733. The van der Waals surface area contributed by atoms with Crippen molar-refractivity contribution in [3.05, 3.63) is 22.9 Å². The van der Waals surface area contributed by atoms with Gasteiger partial charge in [-0.2, -0.15) is 0 Å². The molecule has 0 atom stereocenters. The zero-order chi connectivity index (χ0) is 17.1. The van der Waals surface area contributed by atoms with Crippen LogP contribution in [0.2, 0.25) is 0 Å². The molecular weight excluding hydrogens is 324 g/mol. The summed E-state index contributed by atoms with van der Waals surface area (Å²) in [5.41, 5.74) is 1.50. The van der Waals surface area contributed by atoms with Crippen LogP contribution in [0, 0.1) is 0 Å². The molecule has 0 amide bonds. The van der Waals surface area contributed by atoms with E-state index < -0.39 is 11.9 Å². The summed E-state index contributed by atoms with van der Waals surface area (Å²) in [6.45, 7) is 0. The second-order valence-electron chi connectivity index (χ2n) is 4.72. The average molecular weight is 341 g/mol. The summed E-state index contributed by atoms with van der Waals surface area (Å²) in [7, 11) is 4.10. The number of aromatic nitrogens is 1. The number of methoxy groups -OCH3 is 2. The number of aryl methyl sites for hydroxylation is 1. The van der Waals surface area contributed by atoms with Crippen LogP contribution in [0.3, 0.4) is 0 Å². The molecular formula is C15H17ClN2O5. The number of carbonyl (C=O) groups is 2. The lowest BCUT2D eigenvalue weighted by atomic mass is 10.00. The molecule has 0 fully saturated rings. The van der Waals surface area contributed by atoms with Gasteiger partial charge in [0.15, 0.2) is 0 Å². The van der Waals surface area contributed by atoms with Crippen molar-refractivity contribution in [2.45, 2.75) is 6.42 Å². The van der Waals surface area contributed by atoms with Crippen LogP contribution in [0.5, 0.6) is 5.75 Å². The number of anilines is 1. The number of phenolic OH excluding ortho intramolecular Hbond substituents is 1. The molecule has 2 rings (SSSR count). The van der Waals surface area contributed by atoms with Crippen LogP contribution in [0.25, 0.3) is 10.9 Å². The molecule has 0 bridgehead atoms. The fraction of sp³-hybridized carbons (Fsp3) is 0.333. The Kier molecular flexibility index (Phi) is 5.00. The van der Waals surface area contributed by atoms with Gasteiger partial charge >= 0.3 is 11.9 Å². The quantitative estimate of drug-likeness (QED) is 0.570. The van der Waals surface area contributed by atoms with Crippen molar-refractivity contribution in [1.29, 1.82) is 0 Å². The Labute approximate surface area is 137 Å². The maximum atomic E-state index is 12.2. The largest absolute Gasteiger partial charge is 0.506 e. The minimum Gasteiger partial charge on any atom is -0.506 e. The van der Waals surface area contributed by atoms with Crippen LogP contribution in [-0.2, 0) is 15.9 Å². The number of esters is 2. The van der Waals surface area contributed by atoms with Crippen molar-refractivity contribution in [3.8, 4) is 5.75 Å². The van der Waals surface area contributed by atoms with Crippen LogP contribution in [-0.4, -0.2) is 49.2 Å². The third-order valence-corrected chi connectivity index (χ3v) is 3.75. The van der Waals surface area contributed by atoms with Crippen LogP contribution in [0.4, 0.5) is 5.69 Å². The molecule has 2 aromatic rings. The van der Waals surface area contributed by atoms with Crippen molar-refractivity contribution < 1.29 is 24.2 Å². The summed E-state index contributed by atoms with van der Waals surface area (Å²) in [6, 6.07) is 1.50. The second-order valence-corrected chi connectivity index (χ2v) is 5.10. The number of hydrogen-bond donors (Lipinski definition) is 3. The van der Waals surface area contributed by atoms with E-state index in [2.05, 4.69) is 10.3 Å². The summed E-state index contributed by atoms with van der Waals surface area (Å²) in [5.74, 6) is -1.25. The fourth-order valence-corrected chi connectivity index (χ4v) is 2.75. The molecule has 0 saturated heterocycles. The molecule has 0 aliphatic heterocycles. The smallest absolute Gasteiger partial charge is 0.355 e. The number of ether oxygens (including phenoxy) is 2. The van der Waals surface area contributed by atoms with E-state index >= 15 is 0 Å². The Hall–Kier alpha value is -2.41. The molecule has 1 aromatic heterocycles. The molecule has 0 spiro atoms. The molecule has 1 aromatic carbocycles. The van der Waals surface area contributed by atoms with E-state index in [-0.39, 0.29) is 22.5 Å². The van der Waals surface area contributed by atoms with Gasteiger partial charge in [0, 0.05) is 30.1 Å². The van der Waals surface area contributed by atoms with E-state index in [4.69, 9.17) is 21.1 Å². The highest BCUT2D eigenvalue weighted by molar-refractivity contribution is 6.19. The first kappa shape index (κ1) is 17.0. The van der Waals surface area contributed by atoms with Gasteiger partial charge in [0.1, 0.15) is 17.0 Å². The number of hydrogen-bond acceptors (Lipinski definition) is 6. The van der Waals surface area contributed by atoms with Crippen LogP contribution in [0.1, 0.15) is 26.4 Å². The number of phenols is 1. The first-order valence-electron chi connectivity index (χ1n) is 6.80. The molecule has 0 saturated carbocycles. The monoisotopic (exact) mass is 340 g/mol. The number of nitrogens with one attached hydrogen (secondary N) is 2. The maximum Gasteiger partial charge on any atom is 0.355 e. The standard InChI is InChI=1S/C15H17ClN2O5/c1-17-8-6-9(19)12-10(7(8)4-5-16)11(14(20)22-2)13(18-12)15(21)23-3/h6,17-19H,4-5H2,1-3H3. The lowest BCUT2D eigenvalue weighted by molar-refractivity contribution is 0.0553. The summed E-state index contributed by atoms with van der Waals surface area (Å²) in [5, 5.41) is 13.6. The molecule has 0 aliphatic rings. The van der Waals surface area contributed by atoms with Gasteiger partial charge in [0.2, 0.25) is 0 Å². The van der Waals surface area contributed by atoms with E-state index in [1.165, 1.54) is 20.3 Å². The van der Waals surface area contributed by atoms with Crippen molar-refractivity contribution in [1.82, 2.24) is 4.98 Å². The zero-order valence-corrected chi connectivity index (χ0v) is 13.7. The summed E-state index contributed by atoms with van der Waals surface area (Å²) in [6.07, 6.45) is 0.428. The number of rotatable bonds is 5. The number of halogens is 1. The van der Waals surface area contributed by atoms with Crippen molar-refractivity contribution >= 4 is 40.1 Å². The van der Waals surface area contributed by atoms with E-state index in [1.54, 1.807) is 7.05 Å². The number of alkyl halides is 1. The van der Waals surface area contributed by atoms with Gasteiger partial charge in [-0.05, 0) is 12.0 Å². The second kappa shape index (κ2) is 6.78. The van der Waals surface area contributed by atoms with Gasteiger partial charge in [-0.3, -0.25) is 0 Å². The minimum absolute atomic E-state index is 0.0156. The first-order chi connectivity index (χ1) is 11.0. The summed E-state index contributed by atoms with van der Waals surface area (Å²) in [4.78, 5) is 26.9. The molecule has 0 radical (unpaired) electrons. The SMILES string of the molecule is CNc1cc(O)c2[nH]c(C(=O)OC)c(C(=O)OC)c2c1CCCl. The average Bonchev–Trinajstić information content (AvgIpc) is 2.96. The van der Waals surface area contributed by atoms with Crippen molar-refractivity contribution in [3.63, 3.8) is 0 Å². The van der Waals surface area contributed by atoms with E-state index in [0.717, 1.165) is 0 Å². The number of carbonyl (C=O) groups excluding carboxylic acids is 2. The number of benzene rings is 1. The summed E-state index contributed by atoms with van der Waals surface area (Å²) < 4.78 is 9.48. The Morgan fingerprint density at radius 1 is 1.30 bits per heavy atom. The van der Waals surface area contributed by atoms with Gasteiger partial charge in [0.25, 0.3) is 0 Å². The number of fused-ring (bicyclic) bond motifs is 1. The number of aromatic amines is 1. The van der Waals surface area contributed by atoms with Crippen LogP contribution < -0.4 is 5.32 Å². The van der Waals surface area contributed by atoms with Gasteiger partial charge in [0.05, 0.1) is 19.7 Å². The van der Waals surface area contributed by atoms with E-state index in [0.29, 0.717) is 28.9 Å². The Balaban J connectivity index is 2.96. The van der Waals surface area contributed by atoms with Gasteiger partial charge in [-0.1, -0.05) is 0 Å².